The number of hydrogen-bond donors (Lipinski definition) is 2. The number of carbonyl (C=O) groups excluding carboxylic acids is 1. The van der Waals surface area contributed by atoms with Crippen molar-refractivity contribution in [3.05, 3.63) is 53.6 Å². The first-order valence-corrected chi connectivity index (χ1v) is 6.81. The first-order valence-electron chi connectivity index (χ1n) is 5.93. The van der Waals surface area contributed by atoms with E-state index in [4.69, 9.17) is 0 Å². The van der Waals surface area contributed by atoms with Gasteiger partial charge in [0.1, 0.15) is 12.0 Å². The van der Waals surface area contributed by atoms with Crippen LogP contribution >= 0.6 is 11.3 Å². The zero-order valence-electron chi connectivity index (χ0n) is 10.8. The lowest BCUT2D eigenvalue weighted by molar-refractivity contribution is 0.103. The number of anilines is 2. The standard InChI is InChI=1S/C14H14N4OS/c1-3-7-15-13-12(10(4-2)16-9-17-13)18-14(19)11-6-5-8-20-11/h3-6,8-9H,1-2,7H2,(H,18,19)(H,15,16,17). The average Bonchev–Trinajstić information content (AvgIpc) is 3.00. The van der Waals surface area contributed by atoms with E-state index in [1.807, 2.05) is 11.4 Å². The third-order valence-electron chi connectivity index (χ3n) is 2.47. The Kier molecular flexibility index (Phi) is 4.62. The highest BCUT2D eigenvalue weighted by atomic mass is 32.1. The van der Waals surface area contributed by atoms with E-state index in [9.17, 15) is 4.79 Å². The van der Waals surface area contributed by atoms with E-state index in [1.165, 1.54) is 17.7 Å². The molecule has 0 saturated heterocycles. The fourth-order valence-corrected chi connectivity index (χ4v) is 2.18. The Morgan fingerprint density at radius 1 is 1.40 bits per heavy atom. The first kappa shape index (κ1) is 14.0. The maximum atomic E-state index is 12.1. The van der Waals surface area contributed by atoms with E-state index in [1.54, 1.807) is 18.2 Å². The maximum Gasteiger partial charge on any atom is 0.265 e. The van der Waals surface area contributed by atoms with Crippen LogP contribution in [0.2, 0.25) is 0 Å². The van der Waals surface area contributed by atoms with Crippen molar-refractivity contribution in [2.75, 3.05) is 17.2 Å². The molecule has 5 nitrogen and oxygen atoms in total. The smallest absolute Gasteiger partial charge is 0.265 e. The lowest BCUT2D eigenvalue weighted by Gasteiger charge is -2.12. The Morgan fingerprint density at radius 2 is 2.25 bits per heavy atom. The number of nitrogens with one attached hydrogen (secondary N) is 2. The van der Waals surface area contributed by atoms with Crippen LogP contribution in [-0.4, -0.2) is 22.4 Å². The van der Waals surface area contributed by atoms with Crippen molar-refractivity contribution in [2.24, 2.45) is 0 Å². The molecule has 2 aromatic rings. The summed E-state index contributed by atoms with van der Waals surface area (Å²) in [5.41, 5.74) is 1.08. The molecule has 0 aliphatic heterocycles. The lowest BCUT2D eigenvalue weighted by atomic mass is 10.3. The van der Waals surface area contributed by atoms with Crippen LogP contribution in [0, 0.1) is 0 Å². The average molecular weight is 286 g/mol. The van der Waals surface area contributed by atoms with Crippen molar-refractivity contribution in [2.45, 2.75) is 0 Å². The summed E-state index contributed by atoms with van der Waals surface area (Å²) < 4.78 is 0. The summed E-state index contributed by atoms with van der Waals surface area (Å²) in [7, 11) is 0. The van der Waals surface area contributed by atoms with Gasteiger partial charge in [-0.25, -0.2) is 9.97 Å². The minimum absolute atomic E-state index is 0.195. The van der Waals surface area contributed by atoms with Gasteiger partial charge in [-0.05, 0) is 17.5 Å². The summed E-state index contributed by atoms with van der Waals surface area (Å²) in [4.78, 5) is 21.0. The Morgan fingerprint density at radius 3 is 2.90 bits per heavy atom. The van der Waals surface area contributed by atoms with Gasteiger partial charge in [0.05, 0.1) is 10.6 Å². The summed E-state index contributed by atoms with van der Waals surface area (Å²) in [6.07, 6.45) is 4.70. The molecule has 1 amide bonds. The second-order valence-electron chi connectivity index (χ2n) is 3.79. The van der Waals surface area contributed by atoms with Crippen molar-refractivity contribution < 1.29 is 4.79 Å². The van der Waals surface area contributed by atoms with E-state index in [2.05, 4.69) is 33.8 Å². The van der Waals surface area contributed by atoms with Crippen molar-refractivity contribution in [1.29, 1.82) is 0 Å². The molecule has 2 heterocycles. The highest BCUT2D eigenvalue weighted by Crippen LogP contribution is 2.24. The molecule has 2 rings (SSSR count). The van der Waals surface area contributed by atoms with Gasteiger partial charge >= 0.3 is 0 Å². The first-order chi connectivity index (χ1) is 9.76. The molecule has 20 heavy (non-hydrogen) atoms. The Hall–Kier alpha value is -2.47. The van der Waals surface area contributed by atoms with Gasteiger partial charge < -0.3 is 10.6 Å². The lowest BCUT2D eigenvalue weighted by Crippen LogP contribution is -2.15. The maximum absolute atomic E-state index is 12.1. The summed E-state index contributed by atoms with van der Waals surface area (Å²) in [6.45, 7) is 7.87. The van der Waals surface area contributed by atoms with Gasteiger partial charge in [0, 0.05) is 6.54 Å². The minimum Gasteiger partial charge on any atom is -0.365 e. The zero-order chi connectivity index (χ0) is 14.4. The van der Waals surface area contributed by atoms with Gasteiger partial charge in [-0.3, -0.25) is 4.79 Å². The van der Waals surface area contributed by atoms with Gasteiger partial charge in [0.15, 0.2) is 5.82 Å². The summed E-state index contributed by atoms with van der Waals surface area (Å²) >= 11 is 1.37. The second kappa shape index (κ2) is 6.63. The molecule has 0 radical (unpaired) electrons. The second-order valence-corrected chi connectivity index (χ2v) is 4.74. The van der Waals surface area contributed by atoms with Gasteiger partial charge in [0.2, 0.25) is 0 Å². The SMILES string of the molecule is C=CCNc1ncnc(C=C)c1NC(=O)c1cccs1. The molecule has 0 saturated carbocycles. The monoisotopic (exact) mass is 286 g/mol. The van der Waals surface area contributed by atoms with Gasteiger partial charge in [0.25, 0.3) is 5.91 Å². The minimum atomic E-state index is -0.195. The molecule has 0 unspecified atom stereocenters. The van der Waals surface area contributed by atoms with E-state index >= 15 is 0 Å². The molecule has 2 aromatic heterocycles. The van der Waals surface area contributed by atoms with E-state index in [-0.39, 0.29) is 5.91 Å². The van der Waals surface area contributed by atoms with Crippen LogP contribution in [0.1, 0.15) is 15.4 Å². The molecule has 102 valence electrons. The topological polar surface area (TPSA) is 66.9 Å². The number of aromatic nitrogens is 2. The molecule has 0 aliphatic carbocycles. The Bertz CT molecular complexity index is 622. The zero-order valence-corrected chi connectivity index (χ0v) is 11.6. The van der Waals surface area contributed by atoms with Crippen LogP contribution in [0.25, 0.3) is 6.08 Å². The third kappa shape index (κ3) is 3.10. The van der Waals surface area contributed by atoms with Crippen LogP contribution in [0.15, 0.2) is 43.1 Å². The summed E-state index contributed by atoms with van der Waals surface area (Å²) in [5.74, 6) is 0.347. The number of hydrogen-bond acceptors (Lipinski definition) is 5. The van der Waals surface area contributed by atoms with Crippen LogP contribution in [-0.2, 0) is 0 Å². The molecule has 0 aliphatic rings. The third-order valence-corrected chi connectivity index (χ3v) is 3.34. The molecule has 0 bridgehead atoms. The molecule has 0 aromatic carbocycles. The predicted molar refractivity (Wildman–Crippen MR) is 83.1 cm³/mol. The van der Waals surface area contributed by atoms with Crippen LogP contribution in [0.5, 0.6) is 0 Å². The molecule has 6 heteroatoms. The molecule has 2 N–H and O–H groups in total. The number of amides is 1. The van der Waals surface area contributed by atoms with Crippen molar-refractivity contribution in [3.8, 4) is 0 Å². The molecule has 0 fully saturated rings. The highest BCUT2D eigenvalue weighted by molar-refractivity contribution is 7.12. The van der Waals surface area contributed by atoms with Gasteiger partial charge in [-0.15, -0.1) is 17.9 Å². The molecule has 0 atom stereocenters. The van der Waals surface area contributed by atoms with Crippen molar-refractivity contribution >= 4 is 34.8 Å². The molecule has 0 spiro atoms. The quantitative estimate of drug-likeness (QED) is 0.801. The number of carbonyl (C=O) groups is 1. The summed E-state index contributed by atoms with van der Waals surface area (Å²) in [6, 6.07) is 3.58. The number of nitrogens with zero attached hydrogens (tertiary/aromatic N) is 2. The number of rotatable bonds is 6. The Balaban J connectivity index is 2.30. The summed E-state index contributed by atoms with van der Waals surface area (Å²) in [5, 5.41) is 7.73. The van der Waals surface area contributed by atoms with Crippen LogP contribution in [0.4, 0.5) is 11.5 Å². The van der Waals surface area contributed by atoms with Crippen LogP contribution in [0.3, 0.4) is 0 Å². The van der Waals surface area contributed by atoms with Crippen molar-refractivity contribution in [1.82, 2.24) is 9.97 Å². The number of thiophene rings is 1. The fourth-order valence-electron chi connectivity index (χ4n) is 1.56. The fraction of sp³-hybridized carbons (Fsp3) is 0.0714. The van der Waals surface area contributed by atoms with E-state index in [0.29, 0.717) is 28.6 Å². The van der Waals surface area contributed by atoms with Gasteiger partial charge in [-0.2, -0.15) is 0 Å². The van der Waals surface area contributed by atoms with Gasteiger partial charge in [-0.1, -0.05) is 18.7 Å². The van der Waals surface area contributed by atoms with Crippen LogP contribution < -0.4 is 10.6 Å². The highest BCUT2D eigenvalue weighted by Gasteiger charge is 2.14. The van der Waals surface area contributed by atoms with E-state index in [0.717, 1.165) is 0 Å². The molecular weight excluding hydrogens is 272 g/mol. The van der Waals surface area contributed by atoms with Crippen molar-refractivity contribution in [3.63, 3.8) is 0 Å². The largest absolute Gasteiger partial charge is 0.365 e. The normalized spacial score (nSPS) is 9.80. The predicted octanol–water partition coefficient (Wildman–Crippen LogP) is 3.03. The van der Waals surface area contributed by atoms with E-state index < -0.39 is 0 Å². The molecular formula is C14H14N4OS. The Labute approximate surface area is 121 Å².